The predicted molar refractivity (Wildman–Crippen MR) is 91.6 cm³/mol. The van der Waals surface area contributed by atoms with E-state index in [1.54, 1.807) is 0 Å². The molecule has 0 bridgehead atoms. The van der Waals surface area contributed by atoms with E-state index in [4.69, 9.17) is 0 Å². The molecule has 0 aliphatic rings. The highest BCUT2D eigenvalue weighted by atomic mass is 79.9. The van der Waals surface area contributed by atoms with Crippen LogP contribution in [0.15, 0.2) is 39.1 Å². The molecule has 0 aliphatic heterocycles. The summed E-state index contributed by atoms with van der Waals surface area (Å²) in [6.45, 7) is 13.1. The van der Waals surface area contributed by atoms with Crippen LogP contribution in [0.25, 0.3) is 0 Å². The van der Waals surface area contributed by atoms with E-state index < -0.39 is 0 Å². The molecule has 0 amide bonds. The summed E-state index contributed by atoms with van der Waals surface area (Å²) in [4.78, 5) is 0. The predicted octanol–water partition coefficient (Wildman–Crippen LogP) is 6.94. The maximum atomic E-state index is 3.70. The lowest BCUT2D eigenvalue weighted by Crippen LogP contribution is -1.89. The molecular formula is C18H29Br. The van der Waals surface area contributed by atoms with Crippen LogP contribution in [0.2, 0.25) is 0 Å². The third kappa shape index (κ3) is 9.08. The second-order valence-corrected chi connectivity index (χ2v) is 6.58. The van der Waals surface area contributed by atoms with Crippen LogP contribution in [-0.2, 0) is 0 Å². The zero-order valence-corrected chi connectivity index (χ0v) is 15.0. The molecule has 0 saturated heterocycles. The van der Waals surface area contributed by atoms with Gasteiger partial charge in [-0.2, -0.15) is 0 Å². The Morgan fingerprint density at radius 2 is 1.79 bits per heavy atom. The van der Waals surface area contributed by atoms with Gasteiger partial charge in [0.15, 0.2) is 0 Å². The molecule has 0 aliphatic carbocycles. The first-order valence-electron chi connectivity index (χ1n) is 7.30. The fourth-order valence-corrected chi connectivity index (χ4v) is 2.37. The van der Waals surface area contributed by atoms with Crippen LogP contribution in [0.3, 0.4) is 0 Å². The molecule has 0 N–H and O–H groups in total. The van der Waals surface area contributed by atoms with Gasteiger partial charge in [0, 0.05) is 10.1 Å². The highest BCUT2D eigenvalue weighted by Crippen LogP contribution is 2.25. The minimum atomic E-state index is 0.807. The van der Waals surface area contributed by atoms with Crippen molar-refractivity contribution < 1.29 is 0 Å². The lowest BCUT2D eigenvalue weighted by molar-refractivity contribution is 0.538. The number of unbranched alkanes of at least 4 members (excludes halogenated alkanes) is 1. The fourth-order valence-electron chi connectivity index (χ4n) is 1.71. The van der Waals surface area contributed by atoms with Crippen LogP contribution in [0, 0.1) is 5.92 Å². The maximum Gasteiger partial charge on any atom is 0.0286 e. The average Bonchev–Trinajstić information content (AvgIpc) is 2.32. The Kier molecular flexibility index (Phi) is 10.0. The van der Waals surface area contributed by atoms with E-state index in [0.717, 1.165) is 12.3 Å². The summed E-state index contributed by atoms with van der Waals surface area (Å²) in [5.74, 6) is 0.807. The third-order valence-electron chi connectivity index (χ3n) is 3.20. The average molecular weight is 325 g/mol. The summed E-state index contributed by atoms with van der Waals surface area (Å²) < 4.78 is 1.17. The quantitative estimate of drug-likeness (QED) is 0.270. The summed E-state index contributed by atoms with van der Waals surface area (Å²) in [6.07, 6.45) is 9.18. The van der Waals surface area contributed by atoms with E-state index >= 15 is 0 Å². The smallest absolute Gasteiger partial charge is 0.0286 e. The Hall–Kier alpha value is -0.520. The molecule has 0 unspecified atom stereocenters. The van der Waals surface area contributed by atoms with Gasteiger partial charge in [0.2, 0.25) is 0 Å². The van der Waals surface area contributed by atoms with Crippen LogP contribution >= 0.6 is 15.9 Å². The van der Waals surface area contributed by atoms with Crippen molar-refractivity contribution in [3.8, 4) is 0 Å². The zero-order valence-electron chi connectivity index (χ0n) is 13.4. The van der Waals surface area contributed by atoms with E-state index in [1.165, 1.54) is 40.5 Å². The minimum absolute atomic E-state index is 0.807. The number of hydrogen-bond donors (Lipinski definition) is 0. The van der Waals surface area contributed by atoms with Gasteiger partial charge in [0.05, 0.1) is 0 Å². The summed E-state index contributed by atoms with van der Waals surface area (Å²) >= 11 is 3.70. The molecule has 0 radical (unpaired) electrons. The van der Waals surface area contributed by atoms with E-state index in [9.17, 15) is 0 Å². The Morgan fingerprint density at radius 1 is 1.16 bits per heavy atom. The molecule has 0 heterocycles. The van der Waals surface area contributed by atoms with E-state index in [0.29, 0.717) is 0 Å². The van der Waals surface area contributed by atoms with Gasteiger partial charge in [-0.25, -0.2) is 0 Å². The molecular weight excluding hydrogens is 296 g/mol. The van der Waals surface area contributed by atoms with Gasteiger partial charge in [0.1, 0.15) is 0 Å². The first-order valence-corrected chi connectivity index (χ1v) is 8.09. The molecule has 19 heavy (non-hydrogen) atoms. The number of halogens is 1. The van der Waals surface area contributed by atoms with Crippen molar-refractivity contribution in [3.05, 3.63) is 39.1 Å². The molecule has 0 aromatic heterocycles. The fraction of sp³-hybridized carbons (Fsp3) is 0.611. The van der Waals surface area contributed by atoms with Crippen molar-refractivity contribution >= 4 is 15.9 Å². The standard InChI is InChI=1S/C18H29Br/c1-7-10-17(12-9-8-11-14(2)3)18(19)13-16(6)15(4)5/h7,13-14H,8-9,11-12H2,1-6H3. The maximum absolute atomic E-state index is 3.70. The summed E-state index contributed by atoms with van der Waals surface area (Å²) in [7, 11) is 0. The molecule has 0 rings (SSSR count). The first-order chi connectivity index (χ1) is 8.88. The molecule has 0 nitrogen and oxygen atoms in total. The van der Waals surface area contributed by atoms with Crippen molar-refractivity contribution in [1.29, 1.82) is 0 Å². The van der Waals surface area contributed by atoms with Crippen molar-refractivity contribution in [2.45, 2.75) is 67.2 Å². The van der Waals surface area contributed by atoms with Crippen molar-refractivity contribution in [2.75, 3.05) is 0 Å². The number of hydrogen-bond acceptors (Lipinski definition) is 0. The molecule has 1 heteroatoms. The zero-order chi connectivity index (χ0) is 14.8. The molecule has 0 spiro atoms. The Labute approximate surface area is 128 Å². The summed E-state index contributed by atoms with van der Waals surface area (Å²) in [5.41, 5.74) is 7.33. The molecule has 0 atom stereocenters. The van der Waals surface area contributed by atoms with Crippen molar-refractivity contribution in [3.63, 3.8) is 0 Å². The van der Waals surface area contributed by atoms with Gasteiger partial charge in [-0.05, 0) is 74.5 Å². The highest BCUT2D eigenvalue weighted by Gasteiger charge is 2.03. The second-order valence-electron chi connectivity index (χ2n) is 5.73. The molecule has 0 fully saturated rings. The molecule has 0 aromatic rings. The number of rotatable bonds is 7. The van der Waals surface area contributed by atoms with Gasteiger partial charge >= 0.3 is 0 Å². The van der Waals surface area contributed by atoms with Gasteiger partial charge in [-0.3, -0.25) is 0 Å². The van der Waals surface area contributed by atoms with Gasteiger partial charge in [0.25, 0.3) is 0 Å². The Bertz CT molecular complexity index is 384. The summed E-state index contributed by atoms with van der Waals surface area (Å²) in [6, 6.07) is 0. The molecule has 0 aromatic carbocycles. The summed E-state index contributed by atoms with van der Waals surface area (Å²) in [5, 5.41) is 0. The van der Waals surface area contributed by atoms with Crippen LogP contribution in [0.5, 0.6) is 0 Å². The Balaban J connectivity index is 4.68. The van der Waals surface area contributed by atoms with Crippen LogP contribution < -0.4 is 0 Å². The Morgan fingerprint density at radius 3 is 2.26 bits per heavy atom. The lowest BCUT2D eigenvalue weighted by atomic mass is 10.0. The topological polar surface area (TPSA) is 0 Å². The van der Waals surface area contributed by atoms with E-state index in [1.807, 2.05) is 13.0 Å². The molecule has 108 valence electrons. The number of allylic oxidation sites excluding steroid dienone is 5. The van der Waals surface area contributed by atoms with Crippen LogP contribution in [0.1, 0.15) is 67.2 Å². The third-order valence-corrected chi connectivity index (χ3v) is 3.90. The van der Waals surface area contributed by atoms with Crippen molar-refractivity contribution in [1.82, 2.24) is 0 Å². The van der Waals surface area contributed by atoms with E-state index in [2.05, 4.69) is 62.4 Å². The monoisotopic (exact) mass is 324 g/mol. The normalized spacial score (nSPS) is 11.3. The van der Waals surface area contributed by atoms with Crippen molar-refractivity contribution in [2.24, 2.45) is 5.92 Å². The van der Waals surface area contributed by atoms with Gasteiger partial charge < -0.3 is 0 Å². The minimum Gasteiger partial charge on any atom is -0.121 e. The van der Waals surface area contributed by atoms with Gasteiger partial charge in [-0.15, -0.1) is 5.73 Å². The van der Waals surface area contributed by atoms with Crippen LogP contribution in [0.4, 0.5) is 0 Å². The van der Waals surface area contributed by atoms with Crippen LogP contribution in [-0.4, -0.2) is 0 Å². The largest absolute Gasteiger partial charge is 0.121 e. The lowest BCUT2D eigenvalue weighted by Gasteiger charge is -2.07. The highest BCUT2D eigenvalue weighted by molar-refractivity contribution is 9.12. The SMILES string of the molecule is CC=C=C(CCCCC(C)C)C(Br)=CC(C)=C(C)C. The second kappa shape index (κ2) is 10.3. The van der Waals surface area contributed by atoms with E-state index in [-0.39, 0.29) is 0 Å². The molecule has 0 saturated carbocycles. The van der Waals surface area contributed by atoms with Gasteiger partial charge in [-0.1, -0.05) is 37.8 Å². The first kappa shape index (κ1) is 18.5.